The van der Waals surface area contributed by atoms with E-state index >= 15 is 0 Å². The summed E-state index contributed by atoms with van der Waals surface area (Å²) in [4.78, 5) is 33.2. The topological polar surface area (TPSA) is 109 Å². The first kappa shape index (κ1) is 12.2. The van der Waals surface area contributed by atoms with Gasteiger partial charge >= 0.3 is 5.97 Å². The number of primary amides is 1. The average molecular weight is 242 g/mol. The van der Waals surface area contributed by atoms with E-state index in [-0.39, 0.29) is 0 Å². The van der Waals surface area contributed by atoms with Gasteiger partial charge in [0.1, 0.15) is 6.04 Å². The van der Waals surface area contributed by atoms with Crippen molar-refractivity contribution in [1.29, 1.82) is 0 Å². The summed E-state index contributed by atoms with van der Waals surface area (Å²) in [5.74, 6) is -2.59. The first-order valence-electron chi connectivity index (χ1n) is 4.36. The minimum atomic E-state index is -1.29. The second kappa shape index (κ2) is 5.26. The van der Waals surface area contributed by atoms with Gasteiger partial charge in [0.25, 0.3) is 5.91 Å². The van der Waals surface area contributed by atoms with Crippen molar-refractivity contribution in [2.24, 2.45) is 5.73 Å². The molecule has 16 heavy (non-hydrogen) atoms. The van der Waals surface area contributed by atoms with E-state index < -0.39 is 30.2 Å². The van der Waals surface area contributed by atoms with Crippen LogP contribution in [0.15, 0.2) is 17.5 Å². The molecular weight excluding hydrogens is 232 g/mol. The van der Waals surface area contributed by atoms with E-state index in [1.54, 1.807) is 17.5 Å². The summed E-state index contributed by atoms with van der Waals surface area (Å²) in [5.41, 5.74) is 4.87. The second-order valence-corrected chi connectivity index (χ2v) is 3.96. The van der Waals surface area contributed by atoms with Gasteiger partial charge in [0.15, 0.2) is 0 Å². The van der Waals surface area contributed by atoms with Crippen molar-refractivity contribution in [3.63, 3.8) is 0 Å². The number of carboxylic acids is 1. The molecule has 0 aromatic carbocycles. The van der Waals surface area contributed by atoms with Gasteiger partial charge in [-0.05, 0) is 11.4 Å². The van der Waals surface area contributed by atoms with Crippen molar-refractivity contribution in [3.8, 4) is 0 Å². The van der Waals surface area contributed by atoms with E-state index in [4.69, 9.17) is 10.8 Å². The summed E-state index contributed by atoms with van der Waals surface area (Å²) in [5, 5.41) is 12.7. The Kier molecular flexibility index (Phi) is 4.01. The number of carboxylic acid groups (broad SMARTS) is 1. The predicted octanol–water partition coefficient (Wildman–Crippen LogP) is -0.194. The minimum absolute atomic E-state index is 0.385. The minimum Gasteiger partial charge on any atom is -0.480 e. The number of hydrogen-bond donors (Lipinski definition) is 3. The summed E-state index contributed by atoms with van der Waals surface area (Å²) in [6, 6.07) is 1.94. The van der Waals surface area contributed by atoms with Gasteiger partial charge in [-0.15, -0.1) is 11.3 Å². The molecule has 1 heterocycles. The Morgan fingerprint density at radius 1 is 1.50 bits per heavy atom. The molecule has 0 aliphatic carbocycles. The fraction of sp³-hybridized carbons (Fsp3) is 0.222. The molecule has 6 nitrogen and oxygen atoms in total. The Labute approximate surface area is 95.1 Å². The molecule has 2 amide bonds. The average Bonchev–Trinajstić information content (AvgIpc) is 2.68. The number of nitrogens with two attached hydrogens (primary N) is 1. The van der Waals surface area contributed by atoms with E-state index in [9.17, 15) is 14.4 Å². The molecule has 0 saturated heterocycles. The molecule has 1 aromatic rings. The zero-order valence-corrected chi connectivity index (χ0v) is 8.99. The number of aliphatic carboxylic acids is 1. The second-order valence-electron chi connectivity index (χ2n) is 3.01. The van der Waals surface area contributed by atoms with Gasteiger partial charge in [0.05, 0.1) is 11.3 Å². The van der Waals surface area contributed by atoms with Crippen LogP contribution in [-0.2, 0) is 9.59 Å². The van der Waals surface area contributed by atoms with Gasteiger partial charge in [0, 0.05) is 0 Å². The molecule has 0 aliphatic rings. The van der Waals surface area contributed by atoms with Crippen LogP contribution in [0.4, 0.5) is 0 Å². The first-order valence-corrected chi connectivity index (χ1v) is 5.24. The molecule has 1 atom stereocenters. The maximum atomic E-state index is 11.5. The third kappa shape index (κ3) is 3.35. The maximum absolute atomic E-state index is 11.5. The number of hydrogen-bond acceptors (Lipinski definition) is 4. The quantitative estimate of drug-likeness (QED) is 0.664. The van der Waals surface area contributed by atoms with E-state index in [0.717, 1.165) is 0 Å². The molecule has 0 fully saturated rings. The van der Waals surface area contributed by atoms with Gasteiger partial charge in [-0.25, -0.2) is 4.79 Å². The Balaban J connectivity index is 2.65. The number of carbonyl (C=O) groups is 3. The molecule has 0 spiro atoms. The zero-order valence-electron chi connectivity index (χ0n) is 8.17. The Morgan fingerprint density at radius 2 is 2.19 bits per heavy atom. The van der Waals surface area contributed by atoms with Crippen molar-refractivity contribution in [2.45, 2.75) is 12.5 Å². The molecule has 0 bridgehead atoms. The van der Waals surface area contributed by atoms with Crippen LogP contribution in [0.1, 0.15) is 16.1 Å². The van der Waals surface area contributed by atoms with E-state index in [1.807, 2.05) is 0 Å². The van der Waals surface area contributed by atoms with Crippen molar-refractivity contribution in [3.05, 3.63) is 22.4 Å². The van der Waals surface area contributed by atoms with Gasteiger partial charge < -0.3 is 16.2 Å². The van der Waals surface area contributed by atoms with Crippen LogP contribution in [0.2, 0.25) is 0 Å². The highest BCUT2D eigenvalue weighted by Gasteiger charge is 2.22. The lowest BCUT2D eigenvalue weighted by atomic mass is 10.2. The number of thiophene rings is 1. The highest BCUT2D eigenvalue weighted by molar-refractivity contribution is 7.12. The predicted molar refractivity (Wildman–Crippen MR) is 57.0 cm³/mol. The number of rotatable bonds is 5. The fourth-order valence-electron chi connectivity index (χ4n) is 1.04. The SMILES string of the molecule is NC(=O)C[C@@H](NC(=O)c1cccs1)C(=O)O. The van der Waals surface area contributed by atoms with Crippen LogP contribution >= 0.6 is 11.3 Å². The van der Waals surface area contributed by atoms with E-state index in [2.05, 4.69) is 5.32 Å². The maximum Gasteiger partial charge on any atom is 0.326 e. The van der Waals surface area contributed by atoms with Crippen molar-refractivity contribution < 1.29 is 19.5 Å². The lowest BCUT2D eigenvalue weighted by molar-refractivity contribution is -0.140. The van der Waals surface area contributed by atoms with E-state index in [1.165, 1.54) is 11.3 Å². The van der Waals surface area contributed by atoms with Crippen molar-refractivity contribution in [1.82, 2.24) is 5.32 Å². The van der Waals surface area contributed by atoms with Crippen LogP contribution in [0, 0.1) is 0 Å². The molecule has 0 aliphatic heterocycles. The number of nitrogens with one attached hydrogen (secondary N) is 1. The molecule has 0 radical (unpaired) electrons. The highest BCUT2D eigenvalue weighted by Crippen LogP contribution is 2.08. The van der Waals surface area contributed by atoms with Crippen molar-refractivity contribution >= 4 is 29.1 Å². The zero-order chi connectivity index (χ0) is 12.1. The molecule has 1 rings (SSSR count). The largest absolute Gasteiger partial charge is 0.480 e. The summed E-state index contributed by atoms with van der Waals surface area (Å²) in [7, 11) is 0. The van der Waals surface area contributed by atoms with Gasteiger partial charge in [-0.1, -0.05) is 6.07 Å². The molecular formula is C9H10N2O4S. The lowest BCUT2D eigenvalue weighted by Crippen LogP contribution is -2.43. The molecule has 86 valence electrons. The third-order valence-electron chi connectivity index (χ3n) is 1.75. The van der Waals surface area contributed by atoms with Crippen LogP contribution in [0.3, 0.4) is 0 Å². The lowest BCUT2D eigenvalue weighted by Gasteiger charge is -2.11. The van der Waals surface area contributed by atoms with Gasteiger partial charge in [0.2, 0.25) is 5.91 Å². The highest BCUT2D eigenvalue weighted by atomic mass is 32.1. The third-order valence-corrected chi connectivity index (χ3v) is 2.62. The molecule has 7 heteroatoms. The van der Waals surface area contributed by atoms with Crippen LogP contribution in [-0.4, -0.2) is 28.9 Å². The summed E-state index contributed by atoms with van der Waals surface area (Å²) in [6.45, 7) is 0. The summed E-state index contributed by atoms with van der Waals surface area (Å²) < 4.78 is 0. The van der Waals surface area contributed by atoms with Gasteiger partial charge in [-0.3, -0.25) is 9.59 Å². The number of carbonyl (C=O) groups excluding carboxylic acids is 2. The smallest absolute Gasteiger partial charge is 0.326 e. The summed E-state index contributed by atoms with van der Waals surface area (Å²) >= 11 is 1.18. The number of amides is 2. The summed E-state index contributed by atoms with van der Waals surface area (Å²) in [6.07, 6.45) is -0.424. The Morgan fingerprint density at radius 3 is 2.62 bits per heavy atom. The monoisotopic (exact) mass is 242 g/mol. The molecule has 4 N–H and O–H groups in total. The Bertz CT molecular complexity index is 402. The molecule has 0 saturated carbocycles. The molecule has 0 unspecified atom stereocenters. The Hall–Kier alpha value is -1.89. The van der Waals surface area contributed by atoms with Crippen molar-refractivity contribution in [2.75, 3.05) is 0 Å². The van der Waals surface area contributed by atoms with E-state index in [0.29, 0.717) is 4.88 Å². The fourth-order valence-corrected chi connectivity index (χ4v) is 1.67. The standard InChI is InChI=1S/C9H10N2O4S/c10-7(12)4-5(9(14)15)11-8(13)6-2-1-3-16-6/h1-3,5H,4H2,(H2,10,12)(H,11,13)(H,14,15)/t5-/m1/s1. The molecule has 1 aromatic heterocycles. The normalized spacial score (nSPS) is 11.8. The van der Waals surface area contributed by atoms with Gasteiger partial charge in [-0.2, -0.15) is 0 Å². The van der Waals surface area contributed by atoms with Crippen LogP contribution < -0.4 is 11.1 Å². The van der Waals surface area contributed by atoms with Crippen LogP contribution in [0.25, 0.3) is 0 Å². The first-order chi connectivity index (χ1) is 7.50. The van der Waals surface area contributed by atoms with Crippen LogP contribution in [0.5, 0.6) is 0 Å².